The topological polar surface area (TPSA) is 93.6 Å². The molecule has 0 aromatic heterocycles. The van der Waals surface area contributed by atoms with Gasteiger partial charge in [0.1, 0.15) is 0 Å². The van der Waals surface area contributed by atoms with Crippen molar-refractivity contribution in [1.82, 2.24) is 0 Å². The molecular formula is C11H13KO5S. The van der Waals surface area contributed by atoms with E-state index in [0.29, 0.717) is 0 Å². The van der Waals surface area contributed by atoms with Crippen LogP contribution in [0.4, 0.5) is 0 Å². The minimum Gasteiger partial charge on any atom is -0.870 e. The van der Waals surface area contributed by atoms with E-state index < -0.39 is 11.9 Å². The minimum absolute atomic E-state index is 0. The molecular weight excluding hydrogens is 283 g/mol. The van der Waals surface area contributed by atoms with Gasteiger partial charge in [-0.3, -0.25) is 0 Å². The van der Waals surface area contributed by atoms with Crippen LogP contribution in [0.3, 0.4) is 0 Å². The van der Waals surface area contributed by atoms with E-state index in [9.17, 15) is 9.59 Å². The maximum Gasteiger partial charge on any atom is 1.00 e. The molecule has 0 amide bonds. The minimum atomic E-state index is -1.06. The second-order valence-corrected chi connectivity index (χ2v) is 3.89. The summed E-state index contributed by atoms with van der Waals surface area (Å²) in [5.74, 6) is -0.845. The van der Waals surface area contributed by atoms with Gasteiger partial charge in [0.15, 0.2) is 0 Å². The van der Waals surface area contributed by atoms with E-state index in [1.165, 1.54) is 24.3 Å². The molecule has 7 heteroatoms. The molecule has 0 aliphatic carbocycles. The number of rotatable bonds is 5. The van der Waals surface area contributed by atoms with Crippen LogP contribution in [-0.4, -0.2) is 28.3 Å². The van der Waals surface area contributed by atoms with Crippen molar-refractivity contribution >= 4 is 24.0 Å². The molecule has 0 saturated carbocycles. The fourth-order valence-corrected chi connectivity index (χ4v) is 1.46. The van der Waals surface area contributed by atoms with Gasteiger partial charge >= 0.3 is 63.3 Å². The third-order valence-electron chi connectivity index (χ3n) is 1.77. The maximum absolute atomic E-state index is 11.5. The average molecular weight is 296 g/mol. The number of benzene rings is 1. The van der Waals surface area contributed by atoms with E-state index in [0.717, 1.165) is 24.2 Å². The van der Waals surface area contributed by atoms with Crippen molar-refractivity contribution in [3.05, 3.63) is 35.4 Å². The second-order valence-electron chi connectivity index (χ2n) is 3.08. The molecule has 0 spiro atoms. The molecule has 1 aromatic rings. The van der Waals surface area contributed by atoms with Gasteiger partial charge in [-0.2, -0.15) is 0 Å². The van der Waals surface area contributed by atoms with Crippen LogP contribution in [0.2, 0.25) is 0 Å². The molecule has 1 aromatic carbocycles. The van der Waals surface area contributed by atoms with Crippen molar-refractivity contribution in [2.45, 2.75) is 13.3 Å². The normalized spacial score (nSPS) is 8.72. The Balaban J connectivity index is 0. The van der Waals surface area contributed by atoms with Gasteiger partial charge in [-0.05, 0) is 24.6 Å². The molecule has 0 saturated heterocycles. The van der Waals surface area contributed by atoms with Crippen molar-refractivity contribution in [2.75, 3.05) is 5.75 Å². The van der Waals surface area contributed by atoms with Crippen LogP contribution in [0, 0.1) is 0 Å². The monoisotopic (exact) mass is 296 g/mol. The first-order valence-electron chi connectivity index (χ1n) is 4.82. The maximum atomic E-state index is 11.5. The zero-order valence-electron chi connectivity index (χ0n) is 10.3. The van der Waals surface area contributed by atoms with Crippen molar-refractivity contribution in [2.24, 2.45) is 0 Å². The molecule has 0 unspecified atom stereocenters. The molecule has 0 bridgehead atoms. The Morgan fingerprint density at radius 1 is 1.33 bits per heavy atom. The molecule has 0 radical (unpaired) electrons. The van der Waals surface area contributed by atoms with Gasteiger partial charge in [-0.1, -0.05) is 13.0 Å². The van der Waals surface area contributed by atoms with Crippen LogP contribution in [-0.2, 0) is 4.18 Å². The molecule has 1 rings (SSSR count). The van der Waals surface area contributed by atoms with E-state index in [1.54, 1.807) is 0 Å². The molecule has 0 heterocycles. The van der Waals surface area contributed by atoms with Gasteiger partial charge in [-0.25, -0.2) is 9.59 Å². The molecule has 18 heavy (non-hydrogen) atoms. The van der Waals surface area contributed by atoms with Crippen molar-refractivity contribution < 1.29 is 75.7 Å². The number of aromatic carboxylic acids is 1. The Morgan fingerprint density at radius 3 is 2.50 bits per heavy atom. The number of hydrogen-bond acceptors (Lipinski definition) is 5. The summed E-state index contributed by atoms with van der Waals surface area (Å²) in [5.41, 5.74) is 0.332. The fraction of sp³-hybridized carbons (Fsp3) is 0.273. The van der Waals surface area contributed by atoms with E-state index in [2.05, 4.69) is 0 Å². The molecule has 2 N–H and O–H groups in total. The van der Waals surface area contributed by atoms with Crippen LogP contribution in [0.1, 0.15) is 34.1 Å². The first-order valence-corrected chi connectivity index (χ1v) is 5.73. The van der Waals surface area contributed by atoms with Gasteiger partial charge in [0.25, 0.3) is 0 Å². The third kappa shape index (κ3) is 6.88. The smallest absolute Gasteiger partial charge is 0.870 e. The van der Waals surface area contributed by atoms with E-state index in [4.69, 9.17) is 9.29 Å². The standard InChI is InChI=1S/C11H12O4S.K.H2O/c1-2-6-16-15-11(14)9-5-3-4-8(7-9)10(12)13;;/h3-5,7H,2,6H2,1H3,(H,12,13);;1H2/q;+1;/p-1. The number of carboxylic acid groups (broad SMARTS) is 1. The molecule has 0 aliphatic rings. The predicted octanol–water partition coefficient (Wildman–Crippen LogP) is -0.573. The zero-order chi connectivity index (χ0) is 12.0. The summed E-state index contributed by atoms with van der Waals surface area (Å²) in [6.07, 6.45) is 0.910. The summed E-state index contributed by atoms with van der Waals surface area (Å²) < 4.78 is 4.89. The van der Waals surface area contributed by atoms with Crippen LogP contribution >= 0.6 is 12.0 Å². The molecule has 0 aliphatic heterocycles. The Labute approximate surface area is 152 Å². The average Bonchev–Trinajstić information content (AvgIpc) is 2.29. The van der Waals surface area contributed by atoms with Gasteiger partial charge in [-0.15, -0.1) is 0 Å². The summed E-state index contributed by atoms with van der Waals surface area (Å²) >= 11 is 1.07. The van der Waals surface area contributed by atoms with E-state index >= 15 is 0 Å². The van der Waals surface area contributed by atoms with Crippen LogP contribution in [0.25, 0.3) is 0 Å². The quantitative estimate of drug-likeness (QED) is 0.444. The van der Waals surface area contributed by atoms with E-state index in [1.807, 2.05) is 6.92 Å². The number of carbonyl (C=O) groups is 2. The summed E-state index contributed by atoms with van der Waals surface area (Å²) in [4.78, 5) is 22.1. The SMILES string of the molecule is CCCSOC(=O)c1cccc(C(=O)O)c1.[K+].[OH-]. The molecule has 0 atom stereocenters. The number of carboxylic acids is 1. The van der Waals surface area contributed by atoms with E-state index in [-0.39, 0.29) is 68.0 Å². The summed E-state index contributed by atoms with van der Waals surface area (Å²) in [6.45, 7) is 1.98. The van der Waals surface area contributed by atoms with Crippen molar-refractivity contribution in [3.8, 4) is 0 Å². The molecule has 0 fully saturated rings. The van der Waals surface area contributed by atoms with Crippen LogP contribution in [0.15, 0.2) is 24.3 Å². The van der Waals surface area contributed by atoms with Gasteiger partial charge in [0.05, 0.1) is 23.2 Å². The molecule has 94 valence electrons. The Kier molecular flexibility index (Phi) is 12.5. The van der Waals surface area contributed by atoms with Crippen molar-refractivity contribution in [1.29, 1.82) is 0 Å². The van der Waals surface area contributed by atoms with Crippen LogP contribution < -0.4 is 51.4 Å². The number of hydrogen-bond donors (Lipinski definition) is 1. The Hall–Kier alpha value is 0.106. The van der Waals surface area contributed by atoms with Crippen molar-refractivity contribution in [3.63, 3.8) is 0 Å². The first-order chi connectivity index (χ1) is 7.65. The Bertz CT molecular complexity index is 397. The molecule has 5 nitrogen and oxygen atoms in total. The van der Waals surface area contributed by atoms with Crippen LogP contribution in [0.5, 0.6) is 0 Å². The fourth-order valence-electron chi connectivity index (χ4n) is 1.01. The zero-order valence-corrected chi connectivity index (χ0v) is 14.2. The van der Waals surface area contributed by atoms with Gasteiger partial charge in [0, 0.05) is 5.75 Å². The summed E-state index contributed by atoms with van der Waals surface area (Å²) in [6, 6.07) is 5.78. The predicted molar refractivity (Wildman–Crippen MR) is 63.5 cm³/mol. The Morgan fingerprint density at radius 2 is 1.94 bits per heavy atom. The van der Waals surface area contributed by atoms with Gasteiger partial charge < -0.3 is 14.8 Å². The summed E-state index contributed by atoms with van der Waals surface area (Å²) in [5, 5.41) is 8.75. The summed E-state index contributed by atoms with van der Waals surface area (Å²) in [7, 11) is 0. The second kappa shape index (κ2) is 11.0. The first kappa shape index (κ1) is 20.4. The number of carbonyl (C=O) groups excluding carboxylic acids is 1. The largest absolute Gasteiger partial charge is 1.00 e. The van der Waals surface area contributed by atoms with Gasteiger partial charge in [0.2, 0.25) is 0 Å². The third-order valence-corrected chi connectivity index (χ3v) is 2.61.